The van der Waals surface area contributed by atoms with Crippen LogP contribution in [0, 0.1) is 0 Å². The van der Waals surface area contributed by atoms with Crippen molar-refractivity contribution in [3.63, 3.8) is 0 Å². The molecule has 1 heterocycles. The van der Waals surface area contributed by atoms with E-state index in [0.29, 0.717) is 13.2 Å². The van der Waals surface area contributed by atoms with E-state index < -0.39 is 27.8 Å². The van der Waals surface area contributed by atoms with E-state index in [-0.39, 0.29) is 29.4 Å². The fourth-order valence-corrected chi connectivity index (χ4v) is 4.19. The maximum atomic E-state index is 12.8. The van der Waals surface area contributed by atoms with Gasteiger partial charge in [-0.3, -0.25) is 0 Å². The number of benzene rings is 2. The van der Waals surface area contributed by atoms with Crippen LogP contribution < -0.4 is 10.6 Å². The van der Waals surface area contributed by atoms with Crippen LogP contribution in [0.1, 0.15) is 5.56 Å². The summed E-state index contributed by atoms with van der Waals surface area (Å²) >= 11 is 0. The fourth-order valence-electron chi connectivity index (χ4n) is 2.74. The Morgan fingerprint density at radius 2 is 1.55 bits per heavy atom. The minimum atomic E-state index is -4.53. The van der Waals surface area contributed by atoms with Crippen molar-refractivity contribution >= 4 is 27.4 Å². The number of carbonyl (C=O) groups is 1. The zero-order chi connectivity index (χ0) is 21.1. The van der Waals surface area contributed by atoms with Crippen LogP contribution >= 0.6 is 0 Å². The van der Waals surface area contributed by atoms with E-state index in [1.54, 1.807) is 0 Å². The maximum Gasteiger partial charge on any atom is 0.416 e. The lowest BCUT2D eigenvalue weighted by Gasteiger charge is -2.26. The zero-order valence-corrected chi connectivity index (χ0v) is 15.9. The van der Waals surface area contributed by atoms with Gasteiger partial charge < -0.3 is 15.4 Å². The Labute approximate surface area is 165 Å². The SMILES string of the molecule is O=C(Nc1cccc(C(F)(F)F)c1)Nc1cccc(S(=O)(=O)N2CCOCC2)c1. The molecule has 2 amide bonds. The molecule has 0 radical (unpaired) electrons. The lowest BCUT2D eigenvalue weighted by molar-refractivity contribution is -0.137. The molecule has 11 heteroatoms. The number of morpholine rings is 1. The van der Waals surface area contributed by atoms with E-state index in [9.17, 15) is 26.4 Å². The van der Waals surface area contributed by atoms with Gasteiger partial charge in [-0.1, -0.05) is 12.1 Å². The Morgan fingerprint density at radius 1 is 0.966 bits per heavy atom. The molecule has 0 spiro atoms. The van der Waals surface area contributed by atoms with Crippen molar-refractivity contribution in [2.45, 2.75) is 11.1 Å². The van der Waals surface area contributed by atoms with Crippen LogP contribution in [0.5, 0.6) is 0 Å². The van der Waals surface area contributed by atoms with Gasteiger partial charge in [-0.25, -0.2) is 13.2 Å². The first-order valence-corrected chi connectivity index (χ1v) is 10.0. The molecular formula is C18H18F3N3O4S. The van der Waals surface area contributed by atoms with E-state index in [2.05, 4.69) is 10.6 Å². The summed E-state index contributed by atoms with van der Waals surface area (Å²) in [5.74, 6) is 0. The Balaban J connectivity index is 1.71. The van der Waals surface area contributed by atoms with Crippen molar-refractivity contribution < 1.29 is 31.1 Å². The third-order valence-corrected chi connectivity index (χ3v) is 6.04. The molecule has 0 saturated carbocycles. The quantitative estimate of drug-likeness (QED) is 0.780. The Bertz CT molecular complexity index is 990. The van der Waals surface area contributed by atoms with Crippen molar-refractivity contribution in [1.82, 2.24) is 4.31 Å². The number of nitrogens with one attached hydrogen (secondary N) is 2. The monoisotopic (exact) mass is 429 g/mol. The molecule has 2 aromatic carbocycles. The number of halogens is 3. The van der Waals surface area contributed by atoms with Crippen LogP contribution in [-0.4, -0.2) is 45.1 Å². The number of hydrogen-bond donors (Lipinski definition) is 2. The first-order valence-electron chi connectivity index (χ1n) is 8.59. The molecule has 1 saturated heterocycles. The number of sulfonamides is 1. The third-order valence-electron chi connectivity index (χ3n) is 4.15. The molecule has 0 aliphatic carbocycles. The molecule has 29 heavy (non-hydrogen) atoms. The van der Waals surface area contributed by atoms with Gasteiger partial charge in [0.25, 0.3) is 0 Å². The Kier molecular flexibility index (Phi) is 6.10. The molecule has 0 atom stereocenters. The van der Waals surface area contributed by atoms with E-state index in [1.807, 2.05) is 0 Å². The second-order valence-electron chi connectivity index (χ2n) is 6.20. The first kappa shape index (κ1) is 21.1. The molecule has 0 bridgehead atoms. The second kappa shape index (κ2) is 8.39. The number of ether oxygens (including phenoxy) is 1. The predicted octanol–water partition coefficient (Wildman–Crippen LogP) is 3.37. The number of urea groups is 1. The number of nitrogens with zero attached hydrogens (tertiary/aromatic N) is 1. The van der Waals surface area contributed by atoms with Gasteiger partial charge in [-0.15, -0.1) is 0 Å². The molecule has 7 nitrogen and oxygen atoms in total. The van der Waals surface area contributed by atoms with Gasteiger partial charge >= 0.3 is 12.2 Å². The summed E-state index contributed by atoms with van der Waals surface area (Å²) in [6.07, 6.45) is -4.53. The minimum Gasteiger partial charge on any atom is -0.379 e. The molecule has 1 aliphatic rings. The average molecular weight is 429 g/mol. The van der Waals surface area contributed by atoms with Crippen LogP contribution in [0.4, 0.5) is 29.3 Å². The van der Waals surface area contributed by atoms with Crippen molar-refractivity contribution in [3.8, 4) is 0 Å². The summed E-state index contributed by atoms with van der Waals surface area (Å²) in [7, 11) is -3.74. The molecule has 2 N–H and O–H groups in total. The van der Waals surface area contributed by atoms with Crippen LogP contribution in [-0.2, 0) is 20.9 Å². The summed E-state index contributed by atoms with van der Waals surface area (Å²) in [4.78, 5) is 12.1. The van der Waals surface area contributed by atoms with E-state index >= 15 is 0 Å². The van der Waals surface area contributed by atoms with Gasteiger partial charge in [0.1, 0.15) is 0 Å². The molecule has 1 aliphatic heterocycles. The highest BCUT2D eigenvalue weighted by atomic mass is 32.2. The van der Waals surface area contributed by atoms with Gasteiger partial charge in [0.15, 0.2) is 0 Å². The van der Waals surface area contributed by atoms with Gasteiger partial charge in [0.2, 0.25) is 10.0 Å². The summed E-state index contributed by atoms with van der Waals surface area (Å²) in [5, 5.41) is 4.72. The van der Waals surface area contributed by atoms with Gasteiger partial charge in [0.05, 0.1) is 23.7 Å². The number of anilines is 2. The van der Waals surface area contributed by atoms with Crippen molar-refractivity contribution in [2.75, 3.05) is 36.9 Å². The molecule has 0 unspecified atom stereocenters. The second-order valence-corrected chi connectivity index (χ2v) is 8.14. The van der Waals surface area contributed by atoms with Gasteiger partial charge in [0, 0.05) is 24.5 Å². The predicted molar refractivity (Wildman–Crippen MR) is 100 cm³/mol. The van der Waals surface area contributed by atoms with Gasteiger partial charge in [-0.2, -0.15) is 17.5 Å². The van der Waals surface area contributed by atoms with E-state index in [4.69, 9.17) is 4.74 Å². The van der Waals surface area contributed by atoms with E-state index in [0.717, 1.165) is 12.1 Å². The first-order chi connectivity index (χ1) is 13.7. The minimum absolute atomic E-state index is 0.00345. The van der Waals surface area contributed by atoms with Crippen molar-refractivity contribution in [1.29, 1.82) is 0 Å². The smallest absolute Gasteiger partial charge is 0.379 e. The maximum absolute atomic E-state index is 12.8. The Hall–Kier alpha value is -2.63. The standard InChI is InChI=1S/C18H18F3N3O4S/c19-18(20,21)13-3-1-4-14(11-13)22-17(25)23-15-5-2-6-16(12-15)29(26,27)24-7-9-28-10-8-24/h1-6,11-12H,7-10H2,(H2,22,23,25). The van der Waals surface area contributed by atoms with Crippen LogP contribution in [0.15, 0.2) is 53.4 Å². The highest BCUT2D eigenvalue weighted by Crippen LogP contribution is 2.30. The van der Waals surface area contributed by atoms with Crippen LogP contribution in [0.2, 0.25) is 0 Å². The number of carbonyl (C=O) groups excluding carboxylic acids is 1. The van der Waals surface area contributed by atoms with E-state index in [1.165, 1.54) is 40.7 Å². The molecule has 1 fully saturated rings. The molecule has 3 rings (SSSR count). The highest BCUT2D eigenvalue weighted by Gasteiger charge is 2.30. The summed E-state index contributed by atoms with van der Waals surface area (Å²) in [6, 6.07) is 9.02. The largest absolute Gasteiger partial charge is 0.416 e. The Morgan fingerprint density at radius 3 is 2.17 bits per heavy atom. The number of alkyl halides is 3. The number of hydrogen-bond acceptors (Lipinski definition) is 4. The lowest BCUT2D eigenvalue weighted by atomic mass is 10.2. The summed E-state index contributed by atoms with van der Waals surface area (Å²) in [5.41, 5.74) is -0.757. The topological polar surface area (TPSA) is 87.7 Å². The average Bonchev–Trinajstić information content (AvgIpc) is 2.68. The van der Waals surface area contributed by atoms with Crippen molar-refractivity contribution in [3.05, 3.63) is 54.1 Å². The number of amides is 2. The van der Waals surface area contributed by atoms with Gasteiger partial charge in [-0.05, 0) is 36.4 Å². The zero-order valence-electron chi connectivity index (χ0n) is 15.1. The lowest BCUT2D eigenvalue weighted by Crippen LogP contribution is -2.40. The molecule has 0 aromatic heterocycles. The van der Waals surface area contributed by atoms with Crippen LogP contribution in [0.25, 0.3) is 0 Å². The molecular weight excluding hydrogens is 411 g/mol. The molecule has 156 valence electrons. The third kappa shape index (κ3) is 5.25. The normalized spacial score (nSPS) is 15.7. The highest BCUT2D eigenvalue weighted by molar-refractivity contribution is 7.89. The fraction of sp³-hybridized carbons (Fsp3) is 0.278. The molecule has 2 aromatic rings. The van der Waals surface area contributed by atoms with Crippen LogP contribution in [0.3, 0.4) is 0 Å². The van der Waals surface area contributed by atoms with Crippen molar-refractivity contribution in [2.24, 2.45) is 0 Å². The number of rotatable bonds is 4. The summed E-state index contributed by atoms with van der Waals surface area (Å²) < 4.78 is 70.1. The summed E-state index contributed by atoms with van der Waals surface area (Å²) in [6.45, 7) is 1.07.